The van der Waals surface area contributed by atoms with Crippen LogP contribution in [0.4, 0.5) is 0 Å². The Morgan fingerprint density at radius 1 is 1.36 bits per heavy atom. The lowest BCUT2D eigenvalue weighted by Gasteiger charge is -2.43. The van der Waals surface area contributed by atoms with Crippen LogP contribution in [0.3, 0.4) is 0 Å². The van der Waals surface area contributed by atoms with E-state index in [0.717, 1.165) is 19.5 Å². The highest BCUT2D eigenvalue weighted by Crippen LogP contribution is 2.69. The summed E-state index contributed by atoms with van der Waals surface area (Å²) in [5.41, 5.74) is 0. The monoisotopic (exact) mass is 523 g/mol. The molecule has 2 amide bonds. The lowest BCUT2D eigenvalue weighted by Crippen LogP contribution is -2.60. The molecule has 4 heterocycles. The standard InChI is InChI=1S/C26H41N3O6S/c1-5-7-28(9-8-27-10-12-35-13-11-27)24(32)22-26-17(4)14-19(36-26)20(25(33)34)21(26)23(31)29(22)18(15-30)16(3)6-2/h5,16-22,30H,1,6-15H2,2-4H3,(H,33,34)/t16-,17?,18-,19-,20+,21-,22?,26?/m0/s1. The summed E-state index contributed by atoms with van der Waals surface area (Å²) in [6, 6.07) is -1.34. The van der Waals surface area contributed by atoms with E-state index in [0.29, 0.717) is 39.3 Å². The van der Waals surface area contributed by atoms with Crippen LogP contribution in [0.25, 0.3) is 0 Å². The first-order chi connectivity index (χ1) is 17.2. The maximum Gasteiger partial charge on any atom is 0.308 e. The van der Waals surface area contributed by atoms with E-state index in [1.54, 1.807) is 27.6 Å². The van der Waals surface area contributed by atoms with Gasteiger partial charge in [-0.3, -0.25) is 19.3 Å². The fourth-order valence-corrected chi connectivity index (χ4v) is 9.30. The zero-order chi connectivity index (χ0) is 26.2. The predicted octanol–water partition coefficient (Wildman–Crippen LogP) is 1.16. The van der Waals surface area contributed by atoms with E-state index >= 15 is 0 Å². The van der Waals surface area contributed by atoms with Crippen LogP contribution < -0.4 is 0 Å². The molecule has 0 aromatic carbocycles. The van der Waals surface area contributed by atoms with E-state index in [1.165, 1.54) is 0 Å². The number of aliphatic hydroxyl groups is 1. The molecule has 8 atom stereocenters. The Morgan fingerprint density at radius 2 is 2.06 bits per heavy atom. The number of aliphatic hydroxyl groups excluding tert-OH is 1. The van der Waals surface area contributed by atoms with Crippen molar-refractivity contribution in [2.45, 2.75) is 55.7 Å². The van der Waals surface area contributed by atoms with Gasteiger partial charge in [0.25, 0.3) is 0 Å². The Morgan fingerprint density at radius 3 is 2.64 bits per heavy atom. The van der Waals surface area contributed by atoms with Crippen LogP contribution >= 0.6 is 11.8 Å². The second-order valence-electron chi connectivity index (χ2n) is 10.8. The van der Waals surface area contributed by atoms with Gasteiger partial charge >= 0.3 is 5.97 Å². The minimum absolute atomic E-state index is 0.0112. The Balaban J connectivity index is 1.72. The SMILES string of the molecule is C=CCN(CCN1CCOCC1)C(=O)C1N([C@@H](CO)[C@@H](C)CC)C(=O)[C@@H]2[C@H](C(=O)O)[C@@H]3CC(C)C12S3. The van der Waals surface area contributed by atoms with Gasteiger partial charge < -0.3 is 24.7 Å². The molecule has 4 saturated heterocycles. The second-order valence-corrected chi connectivity index (χ2v) is 12.3. The third kappa shape index (κ3) is 4.37. The molecule has 0 aromatic rings. The normalized spacial score (nSPS) is 35.5. The Bertz CT molecular complexity index is 867. The van der Waals surface area contributed by atoms with Crippen LogP contribution in [0.1, 0.15) is 33.6 Å². The summed E-state index contributed by atoms with van der Waals surface area (Å²) in [5, 5.41) is 20.3. The van der Waals surface area contributed by atoms with Crippen LogP contribution in [-0.4, -0.2) is 117 Å². The molecule has 1 spiro atoms. The van der Waals surface area contributed by atoms with Gasteiger partial charge in [0.2, 0.25) is 11.8 Å². The maximum absolute atomic E-state index is 14.4. The number of likely N-dealkylation sites (tertiary alicyclic amines) is 1. The smallest absolute Gasteiger partial charge is 0.308 e. The molecular weight excluding hydrogens is 482 g/mol. The third-order valence-corrected chi connectivity index (χ3v) is 11.1. The molecule has 4 rings (SSSR count). The summed E-state index contributed by atoms with van der Waals surface area (Å²) < 4.78 is 4.64. The molecule has 9 nitrogen and oxygen atoms in total. The number of rotatable bonds is 11. The van der Waals surface area contributed by atoms with Crippen LogP contribution in [0, 0.1) is 23.7 Å². The number of aliphatic carboxylic acids is 1. The van der Waals surface area contributed by atoms with E-state index in [1.807, 2.05) is 13.8 Å². The van der Waals surface area contributed by atoms with Gasteiger partial charge in [-0.25, -0.2) is 0 Å². The number of ether oxygens (including phenoxy) is 1. The van der Waals surface area contributed by atoms with Gasteiger partial charge in [0.15, 0.2) is 0 Å². The molecule has 3 unspecified atom stereocenters. The minimum Gasteiger partial charge on any atom is -0.481 e. The molecule has 4 aliphatic rings. The van der Waals surface area contributed by atoms with Crippen molar-refractivity contribution in [3.63, 3.8) is 0 Å². The first-order valence-corrected chi connectivity index (χ1v) is 14.1. The van der Waals surface area contributed by atoms with Crippen molar-refractivity contribution in [1.29, 1.82) is 0 Å². The number of morpholine rings is 1. The number of carboxylic acids is 1. The molecule has 0 aliphatic carbocycles. The molecule has 0 aromatic heterocycles. The largest absolute Gasteiger partial charge is 0.481 e. The van der Waals surface area contributed by atoms with E-state index in [2.05, 4.69) is 18.4 Å². The van der Waals surface area contributed by atoms with E-state index in [4.69, 9.17) is 4.74 Å². The molecule has 10 heteroatoms. The van der Waals surface area contributed by atoms with Crippen molar-refractivity contribution in [2.75, 3.05) is 52.5 Å². The zero-order valence-electron chi connectivity index (χ0n) is 21.7. The number of carboxylic acid groups (broad SMARTS) is 1. The van der Waals surface area contributed by atoms with Crippen molar-refractivity contribution in [2.24, 2.45) is 23.7 Å². The zero-order valence-corrected chi connectivity index (χ0v) is 22.5. The van der Waals surface area contributed by atoms with Gasteiger partial charge in [0, 0.05) is 38.0 Å². The van der Waals surface area contributed by atoms with Crippen molar-refractivity contribution in [3.05, 3.63) is 12.7 Å². The van der Waals surface area contributed by atoms with Gasteiger partial charge in [-0.1, -0.05) is 33.3 Å². The van der Waals surface area contributed by atoms with E-state index < -0.39 is 34.6 Å². The Labute approximate surface area is 218 Å². The molecule has 2 N–H and O–H groups in total. The van der Waals surface area contributed by atoms with Gasteiger partial charge in [0.1, 0.15) is 6.04 Å². The molecular formula is C26H41N3O6S. The highest BCUT2D eigenvalue weighted by atomic mass is 32.2. The fourth-order valence-electron chi connectivity index (χ4n) is 6.90. The number of carbonyl (C=O) groups is 3. The topological polar surface area (TPSA) is 111 Å². The van der Waals surface area contributed by atoms with Gasteiger partial charge in [-0.05, 0) is 18.3 Å². The number of nitrogens with zero attached hydrogens (tertiary/aromatic N) is 3. The maximum atomic E-state index is 14.4. The highest BCUT2D eigenvalue weighted by Gasteiger charge is 2.77. The molecule has 2 bridgehead atoms. The van der Waals surface area contributed by atoms with Crippen molar-refractivity contribution >= 4 is 29.5 Å². The number of carbonyl (C=O) groups excluding carboxylic acids is 2. The minimum atomic E-state index is -0.966. The van der Waals surface area contributed by atoms with E-state index in [-0.39, 0.29) is 35.5 Å². The van der Waals surface area contributed by atoms with Crippen LogP contribution in [0.15, 0.2) is 12.7 Å². The predicted molar refractivity (Wildman–Crippen MR) is 138 cm³/mol. The summed E-state index contributed by atoms with van der Waals surface area (Å²) in [4.78, 5) is 46.5. The second kappa shape index (κ2) is 11.0. The first-order valence-electron chi connectivity index (χ1n) is 13.3. The summed E-state index contributed by atoms with van der Waals surface area (Å²) in [6.45, 7) is 14.1. The van der Waals surface area contributed by atoms with Crippen LogP contribution in [-0.2, 0) is 19.1 Å². The fraction of sp³-hybridized carbons (Fsp3) is 0.808. The average Bonchev–Trinajstić information content (AvgIpc) is 3.46. The van der Waals surface area contributed by atoms with Gasteiger partial charge in [-0.2, -0.15) is 0 Å². The number of fused-ring (bicyclic) bond motifs is 1. The Kier molecular flexibility index (Phi) is 8.38. The van der Waals surface area contributed by atoms with Crippen LogP contribution in [0.2, 0.25) is 0 Å². The number of hydrogen-bond donors (Lipinski definition) is 2. The van der Waals surface area contributed by atoms with Crippen LogP contribution in [0.5, 0.6) is 0 Å². The third-order valence-electron chi connectivity index (χ3n) is 9.00. The highest BCUT2D eigenvalue weighted by molar-refractivity contribution is 8.02. The lowest BCUT2D eigenvalue weighted by atomic mass is 9.66. The van der Waals surface area contributed by atoms with Crippen molar-refractivity contribution < 1.29 is 29.3 Å². The molecule has 4 fully saturated rings. The number of amides is 2. The summed E-state index contributed by atoms with van der Waals surface area (Å²) in [5.74, 6) is -3.00. The quantitative estimate of drug-likeness (QED) is 0.388. The van der Waals surface area contributed by atoms with Crippen molar-refractivity contribution in [3.8, 4) is 0 Å². The molecule has 36 heavy (non-hydrogen) atoms. The lowest BCUT2D eigenvalue weighted by molar-refractivity contribution is -0.150. The summed E-state index contributed by atoms with van der Waals surface area (Å²) in [6.07, 6.45) is 3.11. The summed E-state index contributed by atoms with van der Waals surface area (Å²) >= 11 is 1.54. The van der Waals surface area contributed by atoms with E-state index in [9.17, 15) is 24.6 Å². The molecule has 4 aliphatic heterocycles. The average molecular weight is 524 g/mol. The molecule has 0 radical (unpaired) electrons. The number of thioether (sulfide) groups is 1. The number of hydrogen-bond acceptors (Lipinski definition) is 7. The molecule has 202 valence electrons. The molecule has 0 saturated carbocycles. The van der Waals surface area contributed by atoms with Gasteiger partial charge in [0.05, 0.1) is 42.4 Å². The van der Waals surface area contributed by atoms with Gasteiger partial charge in [-0.15, -0.1) is 18.3 Å². The Hall–Kier alpha value is -1.62. The first kappa shape index (κ1) is 27.4. The summed E-state index contributed by atoms with van der Waals surface area (Å²) in [7, 11) is 0. The van der Waals surface area contributed by atoms with Crippen molar-refractivity contribution in [1.82, 2.24) is 14.7 Å².